The summed E-state index contributed by atoms with van der Waals surface area (Å²) >= 11 is 5.78. The third-order valence-corrected chi connectivity index (χ3v) is 2.97. The van der Waals surface area contributed by atoms with E-state index in [1.807, 2.05) is 38.1 Å². The maximum absolute atomic E-state index is 11.9. The summed E-state index contributed by atoms with van der Waals surface area (Å²) in [5.41, 5.74) is 3.81. The maximum atomic E-state index is 11.9. The summed E-state index contributed by atoms with van der Waals surface area (Å²) in [6.45, 7) is 3.93. The largest absolute Gasteiger partial charge is 0.491 e. The Morgan fingerprint density at radius 3 is 2.64 bits per heavy atom. The van der Waals surface area contributed by atoms with Gasteiger partial charge >= 0.3 is 0 Å². The summed E-state index contributed by atoms with van der Waals surface area (Å²) in [6.07, 6.45) is 1.68. The molecule has 0 heterocycles. The first kappa shape index (κ1) is 16.0. The van der Waals surface area contributed by atoms with Crippen LogP contribution in [0.2, 0.25) is 5.02 Å². The highest BCUT2D eigenvalue weighted by Gasteiger charge is 2.03. The molecule has 2 rings (SSSR count). The smallest absolute Gasteiger partial charge is 0.271 e. The Bertz CT molecular complexity index is 667. The summed E-state index contributed by atoms with van der Waals surface area (Å²) in [7, 11) is 0. The van der Waals surface area contributed by atoms with Crippen LogP contribution in [0.4, 0.5) is 0 Å². The van der Waals surface area contributed by atoms with Gasteiger partial charge in [-0.1, -0.05) is 23.7 Å². The number of hydrogen-bond donors (Lipinski definition) is 1. The normalized spacial score (nSPS) is 10.9. The fourth-order valence-corrected chi connectivity index (χ4v) is 1.90. The molecule has 0 spiro atoms. The number of hydrogen-bond acceptors (Lipinski definition) is 3. The molecule has 2 aromatic carbocycles. The number of rotatable bonds is 5. The molecule has 1 N–H and O–H groups in total. The van der Waals surface area contributed by atoms with E-state index < -0.39 is 0 Å². The molecule has 0 aliphatic rings. The van der Waals surface area contributed by atoms with Crippen LogP contribution in [0.1, 0.15) is 29.8 Å². The number of amides is 1. The summed E-state index contributed by atoms with van der Waals surface area (Å²) in [5, 5.41) is 4.53. The lowest BCUT2D eigenvalue weighted by Gasteiger charge is -2.09. The number of halogens is 1. The summed E-state index contributed by atoms with van der Waals surface area (Å²) in [5.74, 6) is 0.477. The zero-order valence-electron chi connectivity index (χ0n) is 12.4. The van der Waals surface area contributed by atoms with Crippen molar-refractivity contribution < 1.29 is 9.53 Å². The van der Waals surface area contributed by atoms with E-state index in [-0.39, 0.29) is 12.0 Å². The first-order valence-corrected chi connectivity index (χ1v) is 7.28. The van der Waals surface area contributed by atoms with Crippen LogP contribution in [0.15, 0.2) is 53.6 Å². The van der Waals surface area contributed by atoms with Gasteiger partial charge in [0.1, 0.15) is 5.75 Å². The van der Waals surface area contributed by atoms with Crippen molar-refractivity contribution in [3.8, 4) is 5.75 Å². The number of hydrazone groups is 1. The number of ether oxygens (including phenoxy) is 1. The highest BCUT2D eigenvalue weighted by atomic mass is 35.5. The highest BCUT2D eigenvalue weighted by molar-refractivity contribution is 6.30. The van der Waals surface area contributed by atoms with Gasteiger partial charge in [-0.15, -0.1) is 0 Å². The zero-order chi connectivity index (χ0) is 15.9. The molecular formula is C17H17ClN2O2. The van der Waals surface area contributed by atoms with Gasteiger partial charge < -0.3 is 4.74 Å². The maximum Gasteiger partial charge on any atom is 0.271 e. The second-order valence-electron chi connectivity index (χ2n) is 4.95. The lowest BCUT2D eigenvalue weighted by molar-refractivity contribution is 0.0955. The molecule has 0 fully saturated rings. The highest BCUT2D eigenvalue weighted by Crippen LogP contribution is 2.13. The first-order valence-electron chi connectivity index (χ1n) is 6.90. The van der Waals surface area contributed by atoms with E-state index in [1.54, 1.807) is 30.5 Å². The molecule has 22 heavy (non-hydrogen) atoms. The Kier molecular flexibility index (Phi) is 5.55. The van der Waals surface area contributed by atoms with E-state index in [9.17, 15) is 4.79 Å². The second-order valence-corrected chi connectivity index (χ2v) is 5.38. The van der Waals surface area contributed by atoms with E-state index >= 15 is 0 Å². The van der Waals surface area contributed by atoms with Crippen molar-refractivity contribution in [1.82, 2.24) is 5.43 Å². The topological polar surface area (TPSA) is 50.7 Å². The summed E-state index contributed by atoms with van der Waals surface area (Å²) in [4.78, 5) is 11.9. The number of carbonyl (C=O) groups excluding carboxylic acids is 1. The predicted octanol–water partition coefficient (Wildman–Crippen LogP) is 3.89. The minimum atomic E-state index is -0.289. The van der Waals surface area contributed by atoms with Gasteiger partial charge in [-0.25, -0.2) is 5.43 Å². The van der Waals surface area contributed by atoms with Gasteiger partial charge in [0.25, 0.3) is 5.91 Å². The molecule has 0 bridgehead atoms. The SMILES string of the molecule is CC(C)Oc1cccc(/C=N/NC(=O)c2ccc(Cl)cc2)c1. The fourth-order valence-electron chi connectivity index (χ4n) is 1.77. The van der Waals surface area contributed by atoms with Gasteiger partial charge in [-0.2, -0.15) is 5.10 Å². The van der Waals surface area contributed by atoms with Crippen LogP contribution < -0.4 is 10.2 Å². The van der Waals surface area contributed by atoms with Crippen molar-refractivity contribution in [2.24, 2.45) is 5.10 Å². The standard InChI is InChI=1S/C17H17ClN2O2/c1-12(2)22-16-5-3-4-13(10-16)11-19-20-17(21)14-6-8-15(18)9-7-14/h3-12H,1-2H3,(H,20,21)/b19-11+. The van der Waals surface area contributed by atoms with Crippen molar-refractivity contribution in [2.45, 2.75) is 20.0 Å². The van der Waals surface area contributed by atoms with Crippen LogP contribution in [0.5, 0.6) is 5.75 Å². The van der Waals surface area contributed by atoms with Crippen LogP contribution >= 0.6 is 11.6 Å². The Morgan fingerprint density at radius 2 is 1.95 bits per heavy atom. The molecule has 5 heteroatoms. The number of nitrogens with zero attached hydrogens (tertiary/aromatic N) is 1. The van der Waals surface area contributed by atoms with Gasteiger partial charge in [0.2, 0.25) is 0 Å². The lowest BCUT2D eigenvalue weighted by Crippen LogP contribution is -2.17. The van der Waals surface area contributed by atoms with E-state index in [0.29, 0.717) is 10.6 Å². The van der Waals surface area contributed by atoms with E-state index in [0.717, 1.165) is 11.3 Å². The number of nitrogens with one attached hydrogen (secondary N) is 1. The lowest BCUT2D eigenvalue weighted by atomic mass is 10.2. The van der Waals surface area contributed by atoms with Crippen LogP contribution in [0.25, 0.3) is 0 Å². The van der Waals surface area contributed by atoms with Gasteiger partial charge in [-0.3, -0.25) is 4.79 Å². The molecule has 0 aliphatic carbocycles. The Balaban J connectivity index is 1.97. The third kappa shape index (κ3) is 4.90. The molecule has 114 valence electrons. The average molecular weight is 317 g/mol. The van der Waals surface area contributed by atoms with Crippen molar-refractivity contribution in [3.63, 3.8) is 0 Å². The van der Waals surface area contributed by atoms with Crippen molar-refractivity contribution >= 4 is 23.7 Å². The molecule has 0 radical (unpaired) electrons. The van der Waals surface area contributed by atoms with Gasteiger partial charge in [0, 0.05) is 10.6 Å². The molecule has 0 saturated carbocycles. The molecule has 0 saturated heterocycles. The molecule has 0 aliphatic heterocycles. The minimum Gasteiger partial charge on any atom is -0.491 e. The first-order chi connectivity index (χ1) is 10.5. The predicted molar refractivity (Wildman–Crippen MR) is 88.7 cm³/mol. The van der Waals surface area contributed by atoms with Crippen molar-refractivity contribution in [2.75, 3.05) is 0 Å². The monoisotopic (exact) mass is 316 g/mol. The van der Waals surface area contributed by atoms with Crippen LogP contribution in [-0.4, -0.2) is 18.2 Å². The molecule has 4 nitrogen and oxygen atoms in total. The molecular weight excluding hydrogens is 300 g/mol. The van der Waals surface area contributed by atoms with Crippen LogP contribution in [-0.2, 0) is 0 Å². The van der Waals surface area contributed by atoms with E-state index in [2.05, 4.69) is 10.5 Å². The third-order valence-electron chi connectivity index (χ3n) is 2.72. The van der Waals surface area contributed by atoms with Crippen molar-refractivity contribution in [1.29, 1.82) is 0 Å². The van der Waals surface area contributed by atoms with E-state index in [1.165, 1.54) is 0 Å². The second kappa shape index (κ2) is 7.61. The van der Waals surface area contributed by atoms with Crippen molar-refractivity contribution in [3.05, 3.63) is 64.7 Å². The Hall–Kier alpha value is -2.33. The Labute approximate surface area is 134 Å². The molecule has 0 atom stereocenters. The fraction of sp³-hybridized carbons (Fsp3) is 0.176. The molecule has 0 aromatic heterocycles. The molecule has 2 aromatic rings. The molecule has 1 amide bonds. The Morgan fingerprint density at radius 1 is 1.23 bits per heavy atom. The molecule has 0 unspecified atom stereocenters. The van der Waals surface area contributed by atoms with Gasteiger partial charge in [-0.05, 0) is 55.8 Å². The summed E-state index contributed by atoms with van der Waals surface area (Å²) in [6, 6.07) is 14.1. The van der Waals surface area contributed by atoms with Crippen LogP contribution in [0.3, 0.4) is 0 Å². The van der Waals surface area contributed by atoms with Crippen LogP contribution in [0, 0.1) is 0 Å². The number of benzene rings is 2. The minimum absolute atomic E-state index is 0.108. The van der Waals surface area contributed by atoms with Gasteiger partial charge in [0.15, 0.2) is 0 Å². The zero-order valence-corrected chi connectivity index (χ0v) is 13.2. The van der Waals surface area contributed by atoms with E-state index in [4.69, 9.17) is 16.3 Å². The average Bonchev–Trinajstić information content (AvgIpc) is 2.47. The quantitative estimate of drug-likeness (QED) is 0.672. The summed E-state index contributed by atoms with van der Waals surface area (Å²) < 4.78 is 5.60. The number of carbonyl (C=O) groups is 1. The van der Waals surface area contributed by atoms with Gasteiger partial charge in [0.05, 0.1) is 12.3 Å².